The molecule has 104 valence electrons. The van der Waals surface area contributed by atoms with E-state index in [-0.39, 0.29) is 17.2 Å². The second-order valence-corrected chi connectivity index (χ2v) is 7.28. The molecule has 1 aliphatic heterocycles. The third-order valence-electron chi connectivity index (χ3n) is 3.41. The van der Waals surface area contributed by atoms with Gasteiger partial charge in [-0.05, 0) is 31.9 Å². The van der Waals surface area contributed by atoms with E-state index in [1.165, 1.54) is 28.7 Å². The highest BCUT2D eigenvalue weighted by molar-refractivity contribution is 8.02. The Balaban J connectivity index is 1.80. The number of rotatable bonds is 3. The van der Waals surface area contributed by atoms with Gasteiger partial charge < -0.3 is 4.90 Å². The van der Waals surface area contributed by atoms with Crippen LogP contribution in [0.3, 0.4) is 0 Å². The number of nitrogens with zero attached hydrogens (tertiary/aromatic N) is 3. The van der Waals surface area contributed by atoms with Crippen molar-refractivity contribution in [2.75, 3.05) is 4.90 Å². The number of aromatic nitrogens is 2. The molecule has 6 heteroatoms. The molecule has 2 atom stereocenters. The fourth-order valence-electron chi connectivity index (χ4n) is 2.51. The van der Waals surface area contributed by atoms with E-state index in [9.17, 15) is 4.79 Å². The van der Waals surface area contributed by atoms with Crippen molar-refractivity contribution >= 4 is 34.7 Å². The highest BCUT2D eigenvalue weighted by Crippen LogP contribution is 2.34. The molecule has 1 amide bonds. The van der Waals surface area contributed by atoms with E-state index in [4.69, 9.17) is 0 Å². The molecule has 0 bridgehead atoms. The number of carbonyl (C=O) groups is 1. The monoisotopic (exact) mass is 305 g/mol. The maximum Gasteiger partial charge on any atom is 0.240 e. The van der Waals surface area contributed by atoms with Gasteiger partial charge in [-0.25, -0.2) is 0 Å². The third-order valence-corrected chi connectivity index (χ3v) is 5.31. The number of anilines is 1. The van der Waals surface area contributed by atoms with Crippen molar-refractivity contribution in [1.29, 1.82) is 0 Å². The summed E-state index contributed by atoms with van der Waals surface area (Å²) in [5, 5.41) is 7.64. The molecule has 4 nitrogen and oxygen atoms in total. The Morgan fingerprint density at radius 1 is 1.50 bits per heavy atom. The fraction of sp³-hybridized carbons (Fsp3) is 0.357. The van der Waals surface area contributed by atoms with Crippen molar-refractivity contribution in [2.45, 2.75) is 35.9 Å². The van der Waals surface area contributed by atoms with Gasteiger partial charge in [0.25, 0.3) is 0 Å². The highest BCUT2D eigenvalue weighted by Gasteiger charge is 2.33. The summed E-state index contributed by atoms with van der Waals surface area (Å²) in [6, 6.07) is 8.36. The smallest absolute Gasteiger partial charge is 0.240 e. The summed E-state index contributed by atoms with van der Waals surface area (Å²) in [7, 11) is 0. The van der Waals surface area contributed by atoms with Gasteiger partial charge in [0.2, 0.25) is 5.91 Å². The van der Waals surface area contributed by atoms with E-state index in [0.29, 0.717) is 0 Å². The van der Waals surface area contributed by atoms with Crippen molar-refractivity contribution < 1.29 is 4.79 Å². The Morgan fingerprint density at radius 2 is 2.30 bits per heavy atom. The summed E-state index contributed by atoms with van der Waals surface area (Å²) in [5.74, 6) is 0.141. The summed E-state index contributed by atoms with van der Waals surface area (Å²) in [4.78, 5) is 14.6. The zero-order chi connectivity index (χ0) is 14.1. The second kappa shape index (κ2) is 5.54. The number of fused-ring (bicyclic) bond motifs is 1. The molecule has 0 fully saturated rings. The lowest BCUT2D eigenvalue weighted by Gasteiger charge is -2.25. The predicted molar refractivity (Wildman–Crippen MR) is 82.3 cm³/mol. The molecule has 0 saturated heterocycles. The minimum Gasteiger partial charge on any atom is -0.308 e. The van der Waals surface area contributed by atoms with Crippen LogP contribution in [0.15, 0.2) is 34.1 Å². The van der Waals surface area contributed by atoms with Crippen LogP contribution in [0.4, 0.5) is 5.69 Å². The van der Waals surface area contributed by atoms with Crippen LogP contribution in [0.25, 0.3) is 0 Å². The van der Waals surface area contributed by atoms with Crippen LogP contribution in [-0.2, 0) is 11.2 Å². The SMILES string of the molecule is CC(Sc1nncs1)C(=O)N1c2ccccc2CC1C. The lowest BCUT2D eigenvalue weighted by Crippen LogP contribution is -2.40. The van der Waals surface area contributed by atoms with Gasteiger partial charge in [-0.3, -0.25) is 4.79 Å². The van der Waals surface area contributed by atoms with Crippen LogP contribution in [0.5, 0.6) is 0 Å². The molecule has 3 rings (SSSR count). The molecule has 0 radical (unpaired) electrons. The summed E-state index contributed by atoms with van der Waals surface area (Å²) < 4.78 is 0.839. The Labute approximate surface area is 126 Å². The first kappa shape index (κ1) is 13.6. The molecule has 1 aromatic carbocycles. The van der Waals surface area contributed by atoms with E-state index < -0.39 is 0 Å². The van der Waals surface area contributed by atoms with Crippen molar-refractivity contribution in [2.24, 2.45) is 0 Å². The van der Waals surface area contributed by atoms with Gasteiger partial charge in [0.1, 0.15) is 5.51 Å². The van der Waals surface area contributed by atoms with Crippen molar-refractivity contribution in [3.05, 3.63) is 35.3 Å². The molecular weight excluding hydrogens is 290 g/mol. The van der Waals surface area contributed by atoms with Crippen LogP contribution in [0, 0.1) is 0 Å². The van der Waals surface area contributed by atoms with Crippen molar-refractivity contribution in [3.63, 3.8) is 0 Å². The zero-order valence-electron chi connectivity index (χ0n) is 11.3. The number of para-hydroxylation sites is 1. The Bertz CT molecular complexity index is 615. The zero-order valence-corrected chi connectivity index (χ0v) is 12.9. The van der Waals surface area contributed by atoms with Crippen LogP contribution in [-0.4, -0.2) is 27.4 Å². The number of hydrogen-bond acceptors (Lipinski definition) is 5. The van der Waals surface area contributed by atoms with Gasteiger partial charge in [0.05, 0.1) is 5.25 Å². The minimum absolute atomic E-state index is 0.141. The average molecular weight is 305 g/mol. The predicted octanol–water partition coefficient (Wildman–Crippen LogP) is 3.00. The number of hydrogen-bond donors (Lipinski definition) is 0. The molecule has 1 aliphatic rings. The van der Waals surface area contributed by atoms with Gasteiger partial charge in [-0.2, -0.15) is 0 Å². The first-order valence-corrected chi connectivity index (χ1v) is 8.26. The maximum absolute atomic E-state index is 12.7. The Kier molecular flexibility index (Phi) is 3.76. The first-order valence-electron chi connectivity index (χ1n) is 6.50. The van der Waals surface area contributed by atoms with Crippen LogP contribution >= 0.6 is 23.1 Å². The molecule has 2 unspecified atom stereocenters. The van der Waals surface area contributed by atoms with Gasteiger partial charge in [-0.15, -0.1) is 10.2 Å². The average Bonchev–Trinajstić information content (AvgIpc) is 3.04. The standard InChI is InChI=1S/C14H15N3OS2/c1-9-7-11-5-3-4-6-12(11)17(9)13(18)10(2)20-14-16-15-8-19-14/h3-6,8-10H,7H2,1-2H3. The van der Waals surface area contributed by atoms with E-state index in [1.807, 2.05) is 30.0 Å². The van der Waals surface area contributed by atoms with Gasteiger partial charge in [0.15, 0.2) is 4.34 Å². The first-order chi connectivity index (χ1) is 9.66. The second-order valence-electron chi connectivity index (χ2n) is 4.85. The fourth-order valence-corrected chi connectivity index (χ4v) is 4.19. The maximum atomic E-state index is 12.7. The number of carbonyl (C=O) groups excluding carboxylic acids is 1. The van der Waals surface area contributed by atoms with Crippen LogP contribution < -0.4 is 4.90 Å². The van der Waals surface area contributed by atoms with Crippen LogP contribution in [0.1, 0.15) is 19.4 Å². The number of amides is 1. The van der Waals surface area contributed by atoms with Gasteiger partial charge in [-0.1, -0.05) is 41.3 Å². The lowest BCUT2D eigenvalue weighted by atomic mass is 10.1. The highest BCUT2D eigenvalue weighted by atomic mass is 32.2. The minimum atomic E-state index is -0.156. The number of thioether (sulfide) groups is 1. The van der Waals surface area contributed by atoms with Gasteiger partial charge in [0, 0.05) is 11.7 Å². The van der Waals surface area contributed by atoms with E-state index in [0.717, 1.165) is 16.4 Å². The molecule has 2 heterocycles. The Hall–Kier alpha value is -1.40. The van der Waals surface area contributed by atoms with Crippen molar-refractivity contribution in [1.82, 2.24) is 10.2 Å². The number of benzene rings is 1. The van der Waals surface area contributed by atoms with E-state index in [2.05, 4.69) is 23.2 Å². The topological polar surface area (TPSA) is 46.1 Å². The van der Waals surface area contributed by atoms with Gasteiger partial charge >= 0.3 is 0 Å². The molecule has 0 spiro atoms. The summed E-state index contributed by atoms with van der Waals surface area (Å²) in [6.45, 7) is 4.03. The molecular formula is C14H15N3OS2. The molecule has 20 heavy (non-hydrogen) atoms. The van der Waals surface area contributed by atoms with Crippen molar-refractivity contribution in [3.8, 4) is 0 Å². The summed E-state index contributed by atoms with van der Waals surface area (Å²) >= 11 is 2.94. The van der Waals surface area contributed by atoms with E-state index >= 15 is 0 Å². The molecule has 0 aliphatic carbocycles. The Morgan fingerprint density at radius 3 is 3.05 bits per heavy atom. The summed E-state index contributed by atoms with van der Waals surface area (Å²) in [6.07, 6.45) is 0.929. The van der Waals surface area contributed by atoms with E-state index in [1.54, 1.807) is 5.51 Å². The molecule has 0 saturated carbocycles. The quantitative estimate of drug-likeness (QED) is 0.818. The van der Waals surface area contributed by atoms with Crippen LogP contribution in [0.2, 0.25) is 0 Å². The molecule has 1 aromatic heterocycles. The third kappa shape index (κ3) is 2.45. The summed E-state index contributed by atoms with van der Waals surface area (Å²) in [5.41, 5.74) is 3.99. The normalized spacial score (nSPS) is 18.9. The largest absolute Gasteiger partial charge is 0.308 e. The lowest BCUT2D eigenvalue weighted by molar-refractivity contribution is -0.118. The molecule has 0 N–H and O–H groups in total. The molecule has 2 aromatic rings.